The number of carbonyl (C=O) groups is 1. The van der Waals surface area contributed by atoms with Crippen LogP contribution < -0.4 is 0 Å². The first-order chi connectivity index (χ1) is 7.09. The number of rotatable bonds is 1. The van der Waals surface area contributed by atoms with Crippen LogP contribution in [-0.4, -0.2) is 11.1 Å². The predicted octanol–water partition coefficient (Wildman–Crippen LogP) is 3.09. The van der Waals surface area contributed by atoms with Crippen molar-refractivity contribution in [1.29, 1.82) is 0 Å². The Morgan fingerprint density at radius 2 is 2.27 bits per heavy atom. The van der Waals surface area contributed by atoms with Crippen molar-refractivity contribution in [3.05, 3.63) is 34.3 Å². The van der Waals surface area contributed by atoms with E-state index < -0.39 is 5.97 Å². The zero-order valence-corrected chi connectivity index (χ0v) is 9.29. The van der Waals surface area contributed by atoms with Gasteiger partial charge in [0, 0.05) is 5.02 Å². The number of carboxylic acids is 1. The number of hydrogen-bond acceptors (Lipinski definition) is 1. The monoisotopic (exact) mass is 224 g/mol. The summed E-state index contributed by atoms with van der Waals surface area (Å²) in [6, 6.07) is 5.74. The number of aliphatic carboxylic acids is 1. The lowest BCUT2D eigenvalue weighted by Crippen LogP contribution is -2.25. The summed E-state index contributed by atoms with van der Waals surface area (Å²) in [6.07, 6.45) is 1.53. The molecule has 0 heterocycles. The summed E-state index contributed by atoms with van der Waals surface area (Å²) in [4.78, 5) is 11.0. The molecule has 2 atom stereocenters. The van der Waals surface area contributed by atoms with Gasteiger partial charge >= 0.3 is 5.97 Å². The lowest BCUT2D eigenvalue weighted by atomic mass is 9.76. The van der Waals surface area contributed by atoms with Crippen LogP contribution in [0.25, 0.3) is 0 Å². The molecule has 15 heavy (non-hydrogen) atoms. The van der Waals surface area contributed by atoms with E-state index in [-0.39, 0.29) is 11.8 Å². The summed E-state index contributed by atoms with van der Waals surface area (Å²) in [5, 5.41) is 9.79. The molecular weight excluding hydrogens is 212 g/mol. The maximum absolute atomic E-state index is 11.0. The Bertz CT molecular complexity index is 401. The van der Waals surface area contributed by atoms with E-state index >= 15 is 0 Å². The predicted molar refractivity (Wildman–Crippen MR) is 59.3 cm³/mol. The minimum Gasteiger partial charge on any atom is -0.481 e. The number of carboxylic acid groups (broad SMARTS) is 1. The van der Waals surface area contributed by atoms with Gasteiger partial charge in [0.25, 0.3) is 0 Å². The van der Waals surface area contributed by atoms with Gasteiger partial charge in [-0.1, -0.05) is 24.6 Å². The topological polar surface area (TPSA) is 37.3 Å². The number of aryl methyl sites for hydroxylation is 1. The van der Waals surface area contributed by atoms with Crippen LogP contribution in [0.2, 0.25) is 5.02 Å². The van der Waals surface area contributed by atoms with E-state index in [1.807, 2.05) is 25.1 Å². The molecule has 2 rings (SSSR count). The quantitative estimate of drug-likeness (QED) is 0.796. The molecule has 2 nitrogen and oxygen atoms in total. The average Bonchev–Trinajstić information content (AvgIpc) is 2.17. The van der Waals surface area contributed by atoms with Crippen molar-refractivity contribution in [3.8, 4) is 0 Å². The molecule has 0 aliphatic heterocycles. The fourth-order valence-corrected chi connectivity index (χ4v) is 2.54. The van der Waals surface area contributed by atoms with Crippen LogP contribution in [0.15, 0.2) is 18.2 Å². The first kappa shape index (κ1) is 10.5. The normalized spacial score (nSPS) is 24.7. The summed E-state index contributed by atoms with van der Waals surface area (Å²) < 4.78 is 0. The van der Waals surface area contributed by atoms with E-state index in [4.69, 9.17) is 16.7 Å². The molecule has 0 spiro atoms. The Balaban J connectivity index is 2.38. The summed E-state index contributed by atoms with van der Waals surface area (Å²) >= 11 is 5.91. The zero-order chi connectivity index (χ0) is 11.0. The van der Waals surface area contributed by atoms with Gasteiger partial charge in [-0.3, -0.25) is 4.79 Å². The molecule has 0 saturated carbocycles. The van der Waals surface area contributed by atoms with Crippen molar-refractivity contribution in [2.45, 2.75) is 25.7 Å². The minimum absolute atomic E-state index is 0.0866. The van der Waals surface area contributed by atoms with Gasteiger partial charge in [-0.2, -0.15) is 0 Å². The first-order valence-corrected chi connectivity index (χ1v) is 5.48. The Labute approximate surface area is 93.9 Å². The minimum atomic E-state index is -0.692. The molecule has 1 aliphatic carbocycles. The van der Waals surface area contributed by atoms with E-state index in [9.17, 15) is 4.79 Å². The molecule has 3 heteroatoms. The standard InChI is InChI=1S/C12H13ClO2/c1-7-10-5-3-9(13)6-8(10)2-4-11(7)12(14)15/h3,5-7,11H,2,4H2,1H3,(H,14,15). The second-order valence-electron chi connectivity index (χ2n) is 4.12. The van der Waals surface area contributed by atoms with E-state index in [0.29, 0.717) is 6.42 Å². The number of halogens is 1. The Kier molecular flexibility index (Phi) is 2.70. The number of benzene rings is 1. The van der Waals surface area contributed by atoms with E-state index in [2.05, 4.69) is 0 Å². The molecule has 0 radical (unpaired) electrons. The second kappa shape index (κ2) is 3.86. The highest BCUT2D eigenvalue weighted by molar-refractivity contribution is 6.30. The Morgan fingerprint density at radius 1 is 1.53 bits per heavy atom. The molecule has 0 fully saturated rings. The van der Waals surface area contributed by atoms with Crippen molar-refractivity contribution in [2.24, 2.45) is 5.92 Å². The smallest absolute Gasteiger partial charge is 0.307 e. The van der Waals surface area contributed by atoms with Crippen molar-refractivity contribution in [2.75, 3.05) is 0 Å². The molecule has 1 aromatic rings. The van der Waals surface area contributed by atoms with Crippen LogP contribution in [0.5, 0.6) is 0 Å². The van der Waals surface area contributed by atoms with Crippen LogP contribution >= 0.6 is 11.6 Å². The first-order valence-electron chi connectivity index (χ1n) is 5.10. The van der Waals surface area contributed by atoms with Crippen LogP contribution in [0.3, 0.4) is 0 Å². The van der Waals surface area contributed by atoms with Gasteiger partial charge < -0.3 is 5.11 Å². The van der Waals surface area contributed by atoms with E-state index in [1.54, 1.807) is 0 Å². The SMILES string of the molecule is CC1c2ccc(Cl)cc2CCC1C(=O)O. The van der Waals surface area contributed by atoms with Crippen LogP contribution in [-0.2, 0) is 11.2 Å². The summed E-state index contributed by atoms with van der Waals surface area (Å²) in [7, 11) is 0. The highest BCUT2D eigenvalue weighted by atomic mass is 35.5. The van der Waals surface area contributed by atoms with Crippen molar-refractivity contribution < 1.29 is 9.90 Å². The third kappa shape index (κ3) is 1.86. The molecule has 1 N–H and O–H groups in total. The van der Waals surface area contributed by atoms with Crippen molar-refractivity contribution in [3.63, 3.8) is 0 Å². The third-order valence-corrected chi connectivity index (χ3v) is 3.48. The third-order valence-electron chi connectivity index (χ3n) is 3.24. The Hall–Kier alpha value is -1.02. The largest absolute Gasteiger partial charge is 0.481 e. The van der Waals surface area contributed by atoms with Crippen molar-refractivity contribution in [1.82, 2.24) is 0 Å². The van der Waals surface area contributed by atoms with Gasteiger partial charge in [0.2, 0.25) is 0 Å². The Morgan fingerprint density at radius 3 is 2.93 bits per heavy atom. The molecule has 80 valence electrons. The van der Waals surface area contributed by atoms with E-state index in [0.717, 1.165) is 17.0 Å². The lowest BCUT2D eigenvalue weighted by molar-refractivity contribution is -0.142. The van der Waals surface area contributed by atoms with Gasteiger partial charge in [0.1, 0.15) is 0 Å². The fraction of sp³-hybridized carbons (Fsp3) is 0.417. The molecule has 0 aromatic heterocycles. The summed E-state index contributed by atoms with van der Waals surface area (Å²) in [5.41, 5.74) is 2.34. The molecule has 1 aromatic carbocycles. The van der Waals surface area contributed by atoms with Crippen LogP contribution in [0, 0.1) is 5.92 Å². The maximum Gasteiger partial charge on any atom is 0.307 e. The van der Waals surface area contributed by atoms with Crippen LogP contribution in [0.4, 0.5) is 0 Å². The second-order valence-corrected chi connectivity index (χ2v) is 4.55. The molecule has 2 unspecified atom stereocenters. The van der Waals surface area contributed by atoms with Gasteiger partial charge in [-0.15, -0.1) is 0 Å². The number of hydrogen-bond donors (Lipinski definition) is 1. The van der Waals surface area contributed by atoms with Gasteiger partial charge in [0.05, 0.1) is 5.92 Å². The zero-order valence-electron chi connectivity index (χ0n) is 8.53. The number of fused-ring (bicyclic) bond motifs is 1. The van der Waals surface area contributed by atoms with Gasteiger partial charge in [-0.05, 0) is 42.0 Å². The van der Waals surface area contributed by atoms with Crippen molar-refractivity contribution >= 4 is 17.6 Å². The molecular formula is C12H13ClO2. The van der Waals surface area contributed by atoms with Gasteiger partial charge in [0.15, 0.2) is 0 Å². The molecule has 1 aliphatic rings. The van der Waals surface area contributed by atoms with Gasteiger partial charge in [-0.25, -0.2) is 0 Å². The maximum atomic E-state index is 11.0. The fourth-order valence-electron chi connectivity index (χ4n) is 2.35. The van der Waals surface area contributed by atoms with E-state index in [1.165, 1.54) is 5.56 Å². The lowest BCUT2D eigenvalue weighted by Gasteiger charge is -2.28. The molecule has 0 amide bonds. The molecule has 0 saturated heterocycles. The molecule has 0 bridgehead atoms. The summed E-state index contributed by atoms with van der Waals surface area (Å²) in [5.74, 6) is -0.856. The highest BCUT2D eigenvalue weighted by Gasteiger charge is 2.31. The highest BCUT2D eigenvalue weighted by Crippen LogP contribution is 2.36. The summed E-state index contributed by atoms with van der Waals surface area (Å²) in [6.45, 7) is 1.98. The van der Waals surface area contributed by atoms with Crippen LogP contribution in [0.1, 0.15) is 30.4 Å². The average molecular weight is 225 g/mol.